The minimum absolute atomic E-state index is 0.245. The monoisotopic (exact) mass is 281 g/mol. The van der Waals surface area contributed by atoms with Crippen molar-refractivity contribution in [1.82, 2.24) is 15.0 Å². The SMILES string of the molecule is CCCOc1nc(NCC)nc(NCC2CCCO2)n1. The lowest BCUT2D eigenvalue weighted by Crippen LogP contribution is -2.20. The Morgan fingerprint density at radius 1 is 1.20 bits per heavy atom. The van der Waals surface area contributed by atoms with Crippen LogP contribution >= 0.6 is 0 Å². The van der Waals surface area contributed by atoms with Gasteiger partial charge in [-0.1, -0.05) is 6.92 Å². The van der Waals surface area contributed by atoms with E-state index < -0.39 is 0 Å². The Labute approximate surface area is 119 Å². The fourth-order valence-electron chi connectivity index (χ4n) is 1.94. The highest BCUT2D eigenvalue weighted by atomic mass is 16.5. The van der Waals surface area contributed by atoms with E-state index in [2.05, 4.69) is 25.6 Å². The third kappa shape index (κ3) is 4.48. The van der Waals surface area contributed by atoms with E-state index in [1.165, 1.54) is 0 Å². The summed E-state index contributed by atoms with van der Waals surface area (Å²) in [4.78, 5) is 12.8. The maximum Gasteiger partial charge on any atom is 0.323 e. The molecule has 1 unspecified atom stereocenters. The Kier molecular flexibility index (Phi) is 5.79. The lowest BCUT2D eigenvalue weighted by Gasteiger charge is -2.12. The lowest BCUT2D eigenvalue weighted by atomic mass is 10.2. The Balaban J connectivity index is 1.98. The van der Waals surface area contributed by atoms with Gasteiger partial charge in [0.25, 0.3) is 0 Å². The first-order valence-corrected chi connectivity index (χ1v) is 7.30. The molecule has 2 heterocycles. The van der Waals surface area contributed by atoms with E-state index in [-0.39, 0.29) is 6.10 Å². The summed E-state index contributed by atoms with van der Waals surface area (Å²) >= 11 is 0. The largest absolute Gasteiger partial charge is 0.463 e. The highest BCUT2D eigenvalue weighted by molar-refractivity contribution is 5.35. The molecule has 0 spiro atoms. The molecule has 20 heavy (non-hydrogen) atoms. The van der Waals surface area contributed by atoms with Crippen LogP contribution in [0.1, 0.15) is 33.1 Å². The average Bonchev–Trinajstić information content (AvgIpc) is 2.96. The summed E-state index contributed by atoms with van der Waals surface area (Å²) in [5.74, 6) is 1.06. The molecule has 7 heteroatoms. The summed E-state index contributed by atoms with van der Waals surface area (Å²) in [7, 11) is 0. The molecule has 112 valence electrons. The highest BCUT2D eigenvalue weighted by Gasteiger charge is 2.16. The van der Waals surface area contributed by atoms with Gasteiger partial charge >= 0.3 is 6.01 Å². The first kappa shape index (κ1) is 14.8. The second kappa shape index (κ2) is 7.84. The van der Waals surface area contributed by atoms with E-state index in [9.17, 15) is 0 Å². The molecule has 0 aliphatic carbocycles. The van der Waals surface area contributed by atoms with Gasteiger partial charge in [0.2, 0.25) is 11.9 Å². The van der Waals surface area contributed by atoms with E-state index in [1.807, 2.05) is 13.8 Å². The van der Waals surface area contributed by atoms with Crippen LogP contribution in [0.3, 0.4) is 0 Å². The number of nitrogens with zero attached hydrogens (tertiary/aromatic N) is 3. The zero-order chi connectivity index (χ0) is 14.2. The number of ether oxygens (including phenoxy) is 2. The van der Waals surface area contributed by atoms with E-state index >= 15 is 0 Å². The van der Waals surface area contributed by atoms with Crippen molar-refractivity contribution >= 4 is 11.9 Å². The van der Waals surface area contributed by atoms with Crippen LogP contribution in [0.25, 0.3) is 0 Å². The molecule has 1 aliphatic heterocycles. The van der Waals surface area contributed by atoms with Crippen LogP contribution in [0.5, 0.6) is 6.01 Å². The molecule has 2 N–H and O–H groups in total. The fraction of sp³-hybridized carbons (Fsp3) is 0.769. The summed E-state index contributed by atoms with van der Waals surface area (Å²) in [5, 5.41) is 6.27. The molecule has 1 fully saturated rings. The van der Waals surface area contributed by atoms with Crippen LogP contribution in [0.2, 0.25) is 0 Å². The summed E-state index contributed by atoms with van der Waals surface area (Å²) < 4.78 is 11.0. The molecule has 7 nitrogen and oxygen atoms in total. The van der Waals surface area contributed by atoms with Crippen LogP contribution in [0.4, 0.5) is 11.9 Å². The molecule has 0 saturated carbocycles. The van der Waals surface area contributed by atoms with E-state index in [0.717, 1.165) is 32.4 Å². The molecule has 1 aliphatic rings. The Morgan fingerprint density at radius 3 is 2.65 bits per heavy atom. The van der Waals surface area contributed by atoms with Gasteiger partial charge in [-0.15, -0.1) is 0 Å². The summed E-state index contributed by atoms with van der Waals surface area (Å²) in [6.07, 6.45) is 3.37. The Bertz CT molecular complexity index is 410. The first-order chi connectivity index (χ1) is 9.81. The normalized spacial score (nSPS) is 18.0. The second-order valence-electron chi connectivity index (χ2n) is 4.66. The molecule has 0 aromatic carbocycles. The average molecular weight is 281 g/mol. The van der Waals surface area contributed by atoms with E-state index in [0.29, 0.717) is 31.1 Å². The molecule has 1 aromatic heterocycles. The third-order valence-electron chi connectivity index (χ3n) is 2.90. The topological polar surface area (TPSA) is 81.2 Å². The summed E-state index contributed by atoms with van der Waals surface area (Å²) in [6, 6.07) is 0.354. The molecule has 2 rings (SSSR count). The van der Waals surface area contributed by atoms with Crippen molar-refractivity contribution in [2.75, 3.05) is 36.9 Å². The maximum absolute atomic E-state index is 5.57. The number of rotatable bonds is 8. The molecule has 0 radical (unpaired) electrons. The summed E-state index contributed by atoms with van der Waals surface area (Å²) in [5.41, 5.74) is 0. The quantitative estimate of drug-likeness (QED) is 0.750. The van der Waals surface area contributed by atoms with E-state index in [1.54, 1.807) is 0 Å². The van der Waals surface area contributed by atoms with Crippen molar-refractivity contribution in [3.63, 3.8) is 0 Å². The van der Waals surface area contributed by atoms with Gasteiger partial charge in [0.05, 0.1) is 12.7 Å². The van der Waals surface area contributed by atoms with Gasteiger partial charge in [0.1, 0.15) is 0 Å². The molecular weight excluding hydrogens is 258 g/mol. The molecular formula is C13H23N5O2. The highest BCUT2D eigenvalue weighted by Crippen LogP contribution is 2.14. The number of aromatic nitrogens is 3. The number of anilines is 2. The van der Waals surface area contributed by atoms with Crippen LogP contribution in [-0.2, 0) is 4.74 Å². The van der Waals surface area contributed by atoms with Gasteiger partial charge in [-0.3, -0.25) is 0 Å². The smallest absolute Gasteiger partial charge is 0.323 e. The van der Waals surface area contributed by atoms with Crippen LogP contribution in [0.15, 0.2) is 0 Å². The fourth-order valence-corrected chi connectivity index (χ4v) is 1.94. The van der Waals surface area contributed by atoms with Crippen molar-refractivity contribution in [1.29, 1.82) is 0 Å². The number of hydrogen-bond donors (Lipinski definition) is 2. The van der Waals surface area contributed by atoms with Gasteiger partial charge in [-0.25, -0.2) is 0 Å². The standard InChI is InChI=1S/C13H23N5O2/c1-3-7-20-13-17-11(14-4-2)16-12(18-13)15-9-10-6-5-8-19-10/h10H,3-9H2,1-2H3,(H2,14,15,16,17,18). The van der Waals surface area contributed by atoms with Crippen molar-refractivity contribution in [2.24, 2.45) is 0 Å². The van der Waals surface area contributed by atoms with Gasteiger partial charge in [-0.05, 0) is 26.2 Å². The van der Waals surface area contributed by atoms with Crippen LogP contribution in [-0.4, -0.2) is 47.4 Å². The van der Waals surface area contributed by atoms with Crippen LogP contribution < -0.4 is 15.4 Å². The van der Waals surface area contributed by atoms with Gasteiger partial charge in [-0.2, -0.15) is 15.0 Å². The number of hydrogen-bond acceptors (Lipinski definition) is 7. The van der Waals surface area contributed by atoms with Crippen molar-refractivity contribution in [3.05, 3.63) is 0 Å². The molecule has 0 amide bonds. The van der Waals surface area contributed by atoms with Crippen molar-refractivity contribution < 1.29 is 9.47 Å². The molecule has 1 aromatic rings. The van der Waals surface area contributed by atoms with Gasteiger partial charge < -0.3 is 20.1 Å². The summed E-state index contributed by atoms with van der Waals surface area (Å²) in [6.45, 7) is 6.95. The maximum atomic E-state index is 5.57. The molecule has 1 atom stereocenters. The Hall–Kier alpha value is -1.63. The predicted octanol–water partition coefficient (Wildman–Crippen LogP) is 1.68. The zero-order valence-corrected chi connectivity index (χ0v) is 12.2. The predicted molar refractivity (Wildman–Crippen MR) is 77.2 cm³/mol. The van der Waals surface area contributed by atoms with Crippen molar-refractivity contribution in [3.8, 4) is 6.01 Å². The Morgan fingerprint density at radius 2 is 2.00 bits per heavy atom. The molecule has 0 bridgehead atoms. The first-order valence-electron chi connectivity index (χ1n) is 7.30. The lowest BCUT2D eigenvalue weighted by molar-refractivity contribution is 0.120. The van der Waals surface area contributed by atoms with E-state index in [4.69, 9.17) is 9.47 Å². The zero-order valence-electron chi connectivity index (χ0n) is 12.2. The molecule has 1 saturated heterocycles. The third-order valence-corrected chi connectivity index (χ3v) is 2.90. The van der Waals surface area contributed by atoms with Gasteiger partial charge in [0, 0.05) is 19.7 Å². The van der Waals surface area contributed by atoms with Gasteiger partial charge in [0.15, 0.2) is 0 Å². The van der Waals surface area contributed by atoms with Crippen molar-refractivity contribution in [2.45, 2.75) is 39.2 Å². The number of nitrogens with one attached hydrogen (secondary N) is 2. The van der Waals surface area contributed by atoms with Crippen LogP contribution in [0, 0.1) is 0 Å². The minimum atomic E-state index is 0.245. The minimum Gasteiger partial charge on any atom is -0.463 e. The second-order valence-corrected chi connectivity index (χ2v) is 4.66.